The molecule has 1 aromatic rings. The Morgan fingerprint density at radius 3 is 2.77 bits per heavy atom. The van der Waals surface area contributed by atoms with E-state index < -0.39 is 0 Å². The van der Waals surface area contributed by atoms with Crippen molar-refractivity contribution in [1.29, 1.82) is 0 Å². The second-order valence-electron chi connectivity index (χ2n) is 5.89. The van der Waals surface area contributed by atoms with E-state index in [1.165, 1.54) is 10.3 Å². The van der Waals surface area contributed by atoms with E-state index in [1.807, 2.05) is 4.90 Å². The molecule has 1 saturated heterocycles. The summed E-state index contributed by atoms with van der Waals surface area (Å²) in [7, 11) is 1.65. The topological polar surface area (TPSA) is 79.4 Å². The van der Waals surface area contributed by atoms with E-state index in [9.17, 15) is 4.79 Å². The molecule has 22 heavy (non-hydrogen) atoms. The number of hydrogen-bond donors (Lipinski definition) is 2. The number of aromatic nitrogens is 2. The van der Waals surface area contributed by atoms with Crippen molar-refractivity contribution in [2.45, 2.75) is 13.8 Å². The molecule has 7 nitrogen and oxygen atoms in total. The molecular weight excluding hydrogens is 280 g/mol. The third-order valence-corrected chi connectivity index (χ3v) is 3.76. The molecule has 0 amide bonds. The summed E-state index contributed by atoms with van der Waals surface area (Å²) in [5.74, 6) is 0. The van der Waals surface area contributed by atoms with Gasteiger partial charge in [0.1, 0.15) is 5.69 Å². The minimum Gasteiger partial charge on any atom is -0.396 e. The lowest BCUT2D eigenvalue weighted by atomic mass is 10.2. The van der Waals surface area contributed by atoms with E-state index in [0.717, 1.165) is 26.2 Å². The third-order valence-electron chi connectivity index (χ3n) is 3.76. The number of anilines is 2. The molecule has 7 heteroatoms. The summed E-state index contributed by atoms with van der Waals surface area (Å²) < 4.78 is 1.33. The van der Waals surface area contributed by atoms with Gasteiger partial charge in [0.05, 0.1) is 18.6 Å². The maximum atomic E-state index is 12.4. The van der Waals surface area contributed by atoms with E-state index in [4.69, 9.17) is 5.73 Å². The maximum absolute atomic E-state index is 12.4. The number of aryl methyl sites for hydroxylation is 1. The van der Waals surface area contributed by atoms with E-state index in [0.29, 0.717) is 24.6 Å². The summed E-state index contributed by atoms with van der Waals surface area (Å²) in [6.07, 6.45) is 3.66. The van der Waals surface area contributed by atoms with Crippen molar-refractivity contribution in [1.82, 2.24) is 20.0 Å². The van der Waals surface area contributed by atoms with Crippen LogP contribution in [0.25, 0.3) is 0 Å². The molecule has 2 heterocycles. The van der Waals surface area contributed by atoms with Crippen LogP contribution < -0.4 is 21.5 Å². The van der Waals surface area contributed by atoms with Gasteiger partial charge in [0.15, 0.2) is 0 Å². The molecule has 0 bridgehead atoms. The van der Waals surface area contributed by atoms with Gasteiger partial charge in [-0.2, -0.15) is 5.10 Å². The zero-order valence-corrected chi connectivity index (χ0v) is 13.7. The normalized spacial score (nSPS) is 15.6. The first-order valence-electron chi connectivity index (χ1n) is 7.62. The zero-order valence-electron chi connectivity index (χ0n) is 13.7. The van der Waals surface area contributed by atoms with Gasteiger partial charge in [-0.25, -0.2) is 4.68 Å². The lowest BCUT2D eigenvalue weighted by molar-refractivity contribution is 0.241. The van der Waals surface area contributed by atoms with Crippen molar-refractivity contribution in [3.63, 3.8) is 0 Å². The first-order valence-corrected chi connectivity index (χ1v) is 7.62. The average molecular weight is 306 g/mol. The Hall–Kier alpha value is -1.86. The highest BCUT2D eigenvalue weighted by Crippen LogP contribution is 2.17. The molecule has 0 spiro atoms. The van der Waals surface area contributed by atoms with Crippen LogP contribution in [-0.4, -0.2) is 54.1 Å². The van der Waals surface area contributed by atoms with Crippen molar-refractivity contribution >= 4 is 11.4 Å². The quantitative estimate of drug-likeness (QED) is 0.745. The molecule has 1 aliphatic rings. The largest absolute Gasteiger partial charge is 0.396 e. The second-order valence-corrected chi connectivity index (χ2v) is 5.89. The number of hydrogen-bond acceptors (Lipinski definition) is 6. The Morgan fingerprint density at radius 2 is 2.14 bits per heavy atom. The van der Waals surface area contributed by atoms with Crippen LogP contribution in [0.15, 0.2) is 22.6 Å². The molecule has 0 radical (unpaired) electrons. The summed E-state index contributed by atoms with van der Waals surface area (Å²) in [6, 6.07) is 0. The van der Waals surface area contributed by atoms with Crippen LogP contribution in [0.1, 0.15) is 13.8 Å². The minimum absolute atomic E-state index is 0.155. The molecule has 0 unspecified atom stereocenters. The number of nitrogens with one attached hydrogen (secondary N) is 1. The Bertz CT molecular complexity index is 584. The molecule has 0 saturated carbocycles. The highest BCUT2D eigenvalue weighted by Gasteiger charge is 2.19. The summed E-state index contributed by atoms with van der Waals surface area (Å²) in [6.45, 7) is 9.34. The number of nitrogens with zero attached hydrogens (tertiary/aromatic N) is 4. The number of rotatable bonds is 5. The van der Waals surface area contributed by atoms with Crippen LogP contribution >= 0.6 is 0 Å². The Kier molecular flexibility index (Phi) is 5.57. The molecular formula is C15H26N6O. The van der Waals surface area contributed by atoms with E-state index >= 15 is 0 Å². The molecule has 0 atom stereocenters. The summed E-state index contributed by atoms with van der Waals surface area (Å²) in [5.41, 5.74) is 8.06. The maximum Gasteiger partial charge on any atom is 0.292 e. The molecule has 1 aliphatic heterocycles. The van der Waals surface area contributed by atoms with Gasteiger partial charge >= 0.3 is 0 Å². The van der Waals surface area contributed by atoms with Crippen LogP contribution in [0.2, 0.25) is 0 Å². The minimum atomic E-state index is -0.155. The van der Waals surface area contributed by atoms with Crippen LogP contribution in [0.5, 0.6) is 0 Å². The fraction of sp³-hybridized carbons (Fsp3) is 0.600. The monoisotopic (exact) mass is 306 g/mol. The van der Waals surface area contributed by atoms with Gasteiger partial charge in [0, 0.05) is 39.8 Å². The second kappa shape index (κ2) is 7.42. The highest BCUT2D eigenvalue weighted by atomic mass is 16.1. The van der Waals surface area contributed by atoms with Crippen LogP contribution in [0.3, 0.4) is 0 Å². The molecule has 122 valence electrons. The first kappa shape index (κ1) is 16.5. The Balaban J connectivity index is 2.29. The number of allylic oxidation sites excluding steroid dienone is 1. The van der Waals surface area contributed by atoms with Crippen molar-refractivity contribution in [2.75, 3.05) is 50.0 Å². The van der Waals surface area contributed by atoms with Gasteiger partial charge in [-0.3, -0.25) is 9.69 Å². The molecule has 0 aromatic carbocycles. The van der Waals surface area contributed by atoms with Crippen LogP contribution in [0, 0.1) is 0 Å². The highest BCUT2D eigenvalue weighted by molar-refractivity contribution is 5.65. The van der Waals surface area contributed by atoms with E-state index in [2.05, 4.69) is 35.2 Å². The molecule has 2 rings (SSSR count). The van der Waals surface area contributed by atoms with E-state index in [-0.39, 0.29) is 5.56 Å². The summed E-state index contributed by atoms with van der Waals surface area (Å²) in [5, 5.41) is 7.31. The third kappa shape index (κ3) is 4.08. The smallest absolute Gasteiger partial charge is 0.292 e. The number of nitrogens with two attached hydrogens (primary N) is 1. The van der Waals surface area contributed by atoms with E-state index in [1.54, 1.807) is 13.2 Å². The van der Waals surface area contributed by atoms with Gasteiger partial charge in [0.25, 0.3) is 5.56 Å². The fourth-order valence-corrected chi connectivity index (χ4v) is 2.46. The number of nitrogen functional groups attached to an aromatic ring is 1. The predicted molar refractivity (Wildman–Crippen MR) is 90.0 cm³/mol. The molecule has 1 fully saturated rings. The van der Waals surface area contributed by atoms with Crippen molar-refractivity contribution in [3.05, 3.63) is 28.2 Å². The van der Waals surface area contributed by atoms with Crippen LogP contribution in [-0.2, 0) is 7.05 Å². The Morgan fingerprint density at radius 1 is 1.45 bits per heavy atom. The number of piperazine rings is 1. The van der Waals surface area contributed by atoms with Crippen molar-refractivity contribution in [3.8, 4) is 0 Å². The van der Waals surface area contributed by atoms with Crippen molar-refractivity contribution < 1.29 is 0 Å². The molecule has 3 N–H and O–H groups in total. The SMILES string of the molecule is CC(C)=CCN(CN1CCNCC1)c1c(N)cnn(C)c1=O. The molecule has 0 aliphatic carbocycles. The predicted octanol–water partition coefficient (Wildman–Crippen LogP) is -0.00220. The zero-order chi connectivity index (χ0) is 16.1. The lowest BCUT2D eigenvalue weighted by Gasteiger charge is -2.34. The standard InChI is InChI=1S/C15H26N6O/c1-12(2)4-7-21(11-20-8-5-17-6-9-20)14-13(16)10-18-19(3)15(14)22/h4,10,17H,5-9,11,16H2,1-3H3. The first-order chi connectivity index (χ1) is 10.5. The van der Waals surface area contributed by atoms with Gasteiger partial charge in [-0.05, 0) is 13.8 Å². The fourth-order valence-electron chi connectivity index (χ4n) is 2.46. The van der Waals surface area contributed by atoms with Gasteiger partial charge in [-0.15, -0.1) is 0 Å². The summed E-state index contributed by atoms with van der Waals surface area (Å²) >= 11 is 0. The van der Waals surface area contributed by atoms with Gasteiger partial charge in [0.2, 0.25) is 0 Å². The lowest BCUT2D eigenvalue weighted by Crippen LogP contribution is -2.49. The van der Waals surface area contributed by atoms with Gasteiger partial charge < -0.3 is 16.0 Å². The van der Waals surface area contributed by atoms with Gasteiger partial charge in [-0.1, -0.05) is 11.6 Å². The molecule has 1 aromatic heterocycles. The average Bonchev–Trinajstić information content (AvgIpc) is 2.49. The van der Waals surface area contributed by atoms with Crippen LogP contribution in [0.4, 0.5) is 11.4 Å². The summed E-state index contributed by atoms with van der Waals surface area (Å²) in [4.78, 5) is 16.8. The Labute approximate surface area is 131 Å². The van der Waals surface area contributed by atoms with Crippen molar-refractivity contribution in [2.24, 2.45) is 7.05 Å².